The zero-order valence-electron chi connectivity index (χ0n) is 35.4. The number of carbonyl (C=O) groups excluding carboxylic acids is 2. The average Bonchev–Trinajstić information content (AvgIpc) is 3.14. The summed E-state index contributed by atoms with van der Waals surface area (Å²) in [5, 5.41) is 11.1. The van der Waals surface area contributed by atoms with Gasteiger partial charge in [0.05, 0.1) is 0 Å². The lowest BCUT2D eigenvalue weighted by Gasteiger charge is -2.18. The molecule has 0 aliphatic rings. The fourth-order valence-corrected chi connectivity index (χ4v) is 7.22. The van der Waals surface area contributed by atoms with Gasteiger partial charge in [0, 0.05) is 12.8 Å². The fourth-order valence-electron chi connectivity index (χ4n) is 7.22. The quantitative estimate of drug-likeness (QED) is 0.0368. The van der Waals surface area contributed by atoms with Gasteiger partial charge in [0.15, 0.2) is 0 Å². The van der Waals surface area contributed by atoms with Gasteiger partial charge in [-0.2, -0.15) is 0 Å². The number of carbonyl (C=O) groups is 3. The number of aliphatic carboxylic acids is 1. The van der Waals surface area contributed by atoms with E-state index in [4.69, 9.17) is 9.84 Å². The lowest BCUT2D eigenvalue weighted by atomic mass is 10.0. The van der Waals surface area contributed by atoms with Crippen molar-refractivity contribution >= 4 is 17.8 Å². The second-order valence-electron chi connectivity index (χ2n) is 16.0. The zero-order chi connectivity index (χ0) is 38.7. The Hall–Kier alpha value is -1.85. The van der Waals surface area contributed by atoms with Crippen LogP contribution in [0.15, 0.2) is 12.2 Å². The molecule has 0 aliphatic heterocycles. The van der Waals surface area contributed by atoms with Crippen LogP contribution in [0.5, 0.6) is 0 Å². The van der Waals surface area contributed by atoms with Gasteiger partial charge in [0.2, 0.25) is 5.91 Å². The van der Waals surface area contributed by atoms with Gasteiger partial charge in [0.1, 0.15) is 12.6 Å². The van der Waals surface area contributed by atoms with Crippen molar-refractivity contribution in [2.45, 2.75) is 264 Å². The number of unbranched alkanes of at least 4 members (excludes halogenated alkanes) is 30. The van der Waals surface area contributed by atoms with Crippen LogP contribution in [0.1, 0.15) is 258 Å². The first-order valence-electron chi connectivity index (χ1n) is 23.3. The first kappa shape index (κ1) is 51.1. The summed E-state index contributed by atoms with van der Waals surface area (Å²) < 4.78 is 6.05. The van der Waals surface area contributed by atoms with Crippen molar-refractivity contribution in [3.8, 4) is 0 Å². The van der Waals surface area contributed by atoms with Gasteiger partial charge in [-0.15, -0.1) is 0 Å². The molecule has 6 heteroatoms. The molecule has 1 amide bonds. The van der Waals surface area contributed by atoms with Crippen LogP contribution in [0.2, 0.25) is 0 Å². The maximum Gasteiger partial charge on any atom is 0.322 e. The molecule has 0 bridgehead atoms. The van der Waals surface area contributed by atoms with Crippen molar-refractivity contribution in [3.63, 3.8) is 0 Å². The van der Waals surface area contributed by atoms with Gasteiger partial charge in [-0.1, -0.05) is 193 Å². The van der Waals surface area contributed by atoms with Crippen molar-refractivity contribution in [1.29, 1.82) is 0 Å². The number of allylic oxidation sites excluding steroid dienone is 2. The third kappa shape index (κ3) is 42.8. The number of nitrogens with one attached hydrogen (secondary N) is 1. The molecule has 0 heterocycles. The van der Waals surface area contributed by atoms with Crippen molar-refractivity contribution in [2.24, 2.45) is 0 Å². The van der Waals surface area contributed by atoms with Crippen molar-refractivity contribution in [3.05, 3.63) is 12.2 Å². The van der Waals surface area contributed by atoms with E-state index in [0.29, 0.717) is 12.8 Å². The lowest BCUT2D eigenvalue weighted by molar-refractivity contribution is -0.150. The van der Waals surface area contributed by atoms with Gasteiger partial charge in [-0.05, 0) is 64.2 Å². The molecule has 0 saturated heterocycles. The minimum atomic E-state index is -1.01. The number of carboxylic acids is 1. The molecule has 6 nitrogen and oxygen atoms in total. The maximum atomic E-state index is 12.8. The Balaban J connectivity index is 4.12. The van der Waals surface area contributed by atoms with Crippen LogP contribution in [-0.4, -0.2) is 35.6 Å². The van der Waals surface area contributed by atoms with E-state index in [-0.39, 0.29) is 24.5 Å². The first-order valence-corrected chi connectivity index (χ1v) is 23.3. The normalized spacial score (nSPS) is 12.0. The van der Waals surface area contributed by atoms with Crippen LogP contribution in [0.4, 0.5) is 0 Å². The molecule has 2 N–H and O–H groups in total. The monoisotopic (exact) mass is 748 g/mol. The number of hydrogen-bond donors (Lipinski definition) is 2. The summed E-state index contributed by atoms with van der Waals surface area (Å²) in [4.78, 5) is 35.1. The summed E-state index contributed by atoms with van der Waals surface area (Å²) in [5.41, 5.74) is 0. The number of hydrogen-bond acceptors (Lipinski definition) is 4. The van der Waals surface area contributed by atoms with Crippen LogP contribution in [0.25, 0.3) is 0 Å². The Kier molecular flexibility index (Phi) is 41.4. The Morgan fingerprint density at radius 2 is 0.811 bits per heavy atom. The molecule has 0 aromatic carbocycles. The number of rotatable bonds is 43. The highest BCUT2D eigenvalue weighted by Gasteiger charge is 2.14. The highest BCUT2D eigenvalue weighted by molar-refractivity contribution is 5.80. The van der Waals surface area contributed by atoms with E-state index in [2.05, 4.69) is 31.3 Å². The minimum absolute atomic E-state index is 0.0134. The first-order chi connectivity index (χ1) is 26.0. The predicted octanol–water partition coefficient (Wildman–Crippen LogP) is 14.5. The topological polar surface area (TPSA) is 92.7 Å². The van der Waals surface area contributed by atoms with Crippen molar-refractivity contribution in [1.82, 2.24) is 5.32 Å². The summed E-state index contributed by atoms with van der Waals surface area (Å²) in [6.45, 7) is 4.25. The molecular weight excluding hydrogens is 659 g/mol. The minimum Gasteiger partial charge on any atom is -0.480 e. The molecule has 312 valence electrons. The average molecular weight is 748 g/mol. The van der Waals surface area contributed by atoms with E-state index < -0.39 is 5.97 Å². The molecule has 0 aromatic heterocycles. The summed E-state index contributed by atoms with van der Waals surface area (Å²) in [7, 11) is 0. The molecule has 0 spiro atoms. The van der Waals surface area contributed by atoms with Crippen LogP contribution in [-0.2, 0) is 19.1 Å². The molecule has 0 radical (unpaired) electrons. The molecule has 0 aliphatic carbocycles. The maximum absolute atomic E-state index is 12.8. The Morgan fingerprint density at radius 1 is 0.472 bits per heavy atom. The van der Waals surface area contributed by atoms with Crippen molar-refractivity contribution in [2.75, 3.05) is 6.54 Å². The predicted molar refractivity (Wildman–Crippen MR) is 226 cm³/mol. The smallest absolute Gasteiger partial charge is 0.322 e. The van der Waals surface area contributed by atoms with E-state index in [1.54, 1.807) is 0 Å². The third-order valence-corrected chi connectivity index (χ3v) is 10.7. The SMILES string of the molecule is CCCCCCCC/C=C\CCCCCCCCCC(=O)OC(CCCCCCCCCCCCCCCC)CCCCCCCC(=O)NCC(=O)O. The summed E-state index contributed by atoms with van der Waals surface area (Å²) in [5.74, 6) is -1.22. The molecule has 0 saturated carbocycles. The lowest BCUT2D eigenvalue weighted by Crippen LogP contribution is -2.28. The summed E-state index contributed by atoms with van der Waals surface area (Å²) in [6.07, 6.45) is 50.5. The van der Waals surface area contributed by atoms with Crippen LogP contribution in [0, 0.1) is 0 Å². The van der Waals surface area contributed by atoms with Gasteiger partial charge in [-0.25, -0.2) is 0 Å². The van der Waals surface area contributed by atoms with E-state index in [1.165, 1.54) is 167 Å². The van der Waals surface area contributed by atoms with E-state index in [0.717, 1.165) is 64.2 Å². The van der Waals surface area contributed by atoms with Gasteiger partial charge >= 0.3 is 11.9 Å². The zero-order valence-corrected chi connectivity index (χ0v) is 35.4. The summed E-state index contributed by atoms with van der Waals surface area (Å²) in [6, 6.07) is 0. The molecular formula is C47H89NO5. The standard InChI is InChI=1S/C47H89NO5/c1-3-5-7-9-11-13-15-17-19-20-21-23-25-27-29-34-38-42-47(52)53-44(40-36-32-30-33-37-41-45(49)48-43-46(50)51)39-35-31-28-26-24-22-18-16-14-12-10-8-6-4-2/h17,19,44H,3-16,18,20-43H2,1-2H3,(H,48,49)(H,50,51)/b19-17-. The second-order valence-corrected chi connectivity index (χ2v) is 16.0. The van der Waals surface area contributed by atoms with E-state index in [1.807, 2.05) is 0 Å². The van der Waals surface area contributed by atoms with Crippen LogP contribution >= 0.6 is 0 Å². The highest BCUT2D eigenvalue weighted by atomic mass is 16.5. The molecule has 53 heavy (non-hydrogen) atoms. The molecule has 1 atom stereocenters. The highest BCUT2D eigenvalue weighted by Crippen LogP contribution is 2.19. The summed E-state index contributed by atoms with van der Waals surface area (Å²) >= 11 is 0. The number of carboxylic acid groups (broad SMARTS) is 1. The molecule has 0 aromatic rings. The number of amides is 1. The fraction of sp³-hybridized carbons (Fsp3) is 0.894. The van der Waals surface area contributed by atoms with Gasteiger partial charge in [-0.3, -0.25) is 14.4 Å². The van der Waals surface area contributed by atoms with Crippen LogP contribution < -0.4 is 5.32 Å². The number of esters is 1. The van der Waals surface area contributed by atoms with Crippen LogP contribution in [0.3, 0.4) is 0 Å². The van der Waals surface area contributed by atoms with E-state index in [9.17, 15) is 14.4 Å². The molecule has 0 fully saturated rings. The Bertz CT molecular complexity index is 828. The Morgan fingerprint density at radius 3 is 1.21 bits per heavy atom. The van der Waals surface area contributed by atoms with E-state index >= 15 is 0 Å². The van der Waals surface area contributed by atoms with Crippen molar-refractivity contribution < 1.29 is 24.2 Å². The van der Waals surface area contributed by atoms with Gasteiger partial charge in [0.25, 0.3) is 0 Å². The Labute approximate surface area is 329 Å². The molecule has 1 unspecified atom stereocenters. The second kappa shape index (κ2) is 42.9. The third-order valence-electron chi connectivity index (χ3n) is 10.7. The largest absolute Gasteiger partial charge is 0.480 e. The molecule has 0 rings (SSSR count). The number of ether oxygens (including phenoxy) is 1. The van der Waals surface area contributed by atoms with Gasteiger partial charge < -0.3 is 15.2 Å².